The number of rotatable bonds is 5. The molecule has 19 heavy (non-hydrogen) atoms. The van der Waals surface area contributed by atoms with Crippen LogP contribution in [0.3, 0.4) is 0 Å². The Morgan fingerprint density at radius 3 is 2.84 bits per heavy atom. The highest BCUT2D eigenvalue weighted by Gasteiger charge is 2.35. The van der Waals surface area contributed by atoms with Crippen molar-refractivity contribution in [2.24, 2.45) is 0 Å². The van der Waals surface area contributed by atoms with Gasteiger partial charge in [0, 0.05) is 13.7 Å². The zero-order valence-corrected chi connectivity index (χ0v) is 11.0. The summed E-state index contributed by atoms with van der Waals surface area (Å²) in [7, 11) is 1.52. The Kier molecular flexibility index (Phi) is 5.56. The molecule has 0 aromatic rings. The van der Waals surface area contributed by atoms with E-state index in [0.717, 1.165) is 4.90 Å². The first-order chi connectivity index (χ1) is 8.99. The first-order valence-electron chi connectivity index (χ1n) is 6.05. The van der Waals surface area contributed by atoms with E-state index in [9.17, 15) is 14.4 Å². The third-order valence-electron chi connectivity index (χ3n) is 2.92. The monoisotopic (exact) mass is 273 g/mol. The second-order valence-corrected chi connectivity index (χ2v) is 4.30. The number of carboxylic acid groups (broad SMARTS) is 1. The minimum atomic E-state index is -1.14. The fourth-order valence-electron chi connectivity index (χ4n) is 1.80. The van der Waals surface area contributed by atoms with Gasteiger partial charge in [-0.15, -0.1) is 0 Å². The van der Waals surface area contributed by atoms with Crippen LogP contribution in [0, 0.1) is 0 Å². The van der Waals surface area contributed by atoms with Crippen LogP contribution in [0.4, 0.5) is 4.79 Å². The van der Waals surface area contributed by atoms with E-state index >= 15 is 0 Å². The van der Waals surface area contributed by atoms with Crippen molar-refractivity contribution < 1.29 is 24.2 Å². The molecule has 0 saturated carbocycles. The lowest BCUT2D eigenvalue weighted by Gasteiger charge is -2.33. The van der Waals surface area contributed by atoms with E-state index < -0.39 is 18.0 Å². The Morgan fingerprint density at radius 1 is 1.63 bits per heavy atom. The van der Waals surface area contributed by atoms with Crippen LogP contribution in [0.25, 0.3) is 0 Å². The lowest BCUT2D eigenvalue weighted by molar-refractivity contribution is -0.144. The molecule has 2 atom stereocenters. The number of nitrogens with zero attached hydrogens (tertiary/aromatic N) is 1. The summed E-state index contributed by atoms with van der Waals surface area (Å²) < 4.78 is 4.95. The fourth-order valence-corrected chi connectivity index (χ4v) is 1.80. The van der Waals surface area contributed by atoms with Gasteiger partial charge in [0.2, 0.25) is 5.91 Å². The van der Waals surface area contributed by atoms with E-state index in [1.807, 2.05) is 6.92 Å². The molecule has 3 N–H and O–H groups in total. The lowest BCUT2D eigenvalue weighted by atomic mass is 10.2. The molecule has 0 aliphatic carbocycles. The number of aliphatic carboxylic acids is 1. The van der Waals surface area contributed by atoms with E-state index in [1.165, 1.54) is 7.11 Å². The summed E-state index contributed by atoms with van der Waals surface area (Å²) in [6.07, 6.45) is 0.650. The molecular weight excluding hydrogens is 254 g/mol. The SMILES string of the molecule is CCC(COC)NC(=O)N1CC(=O)NCC1C(=O)O. The quantitative estimate of drug-likeness (QED) is 0.596. The first-order valence-corrected chi connectivity index (χ1v) is 6.05. The predicted octanol–water partition coefficient (Wildman–Crippen LogP) is -0.994. The Bertz CT molecular complexity index is 360. The zero-order chi connectivity index (χ0) is 14.4. The average Bonchev–Trinajstić information content (AvgIpc) is 2.37. The van der Waals surface area contributed by atoms with Crippen molar-refractivity contribution in [3.05, 3.63) is 0 Å². The highest BCUT2D eigenvalue weighted by Crippen LogP contribution is 2.06. The first kappa shape index (κ1) is 15.2. The minimum Gasteiger partial charge on any atom is -0.480 e. The maximum atomic E-state index is 12.0. The smallest absolute Gasteiger partial charge is 0.328 e. The topological polar surface area (TPSA) is 108 Å². The molecule has 1 aliphatic rings. The molecule has 1 aliphatic heterocycles. The Morgan fingerprint density at radius 2 is 2.32 bits per heavy atom. The van der Waals surface area contributed by atoms with Crippen LogP contribution in [-0.2, 0) is 14.3 Å². The summed E-state index contributed by atoms with van der Waals surface area (Å²) in [6, 6.07) is -1.82. The lowest BCUT2D eigenvalue weighted by Crippen LogP contribution is -2.62. The van der Waals surface area contributed by atoms with Gasteiger partial charge in [-0.2, -0.15) is 0 Å². The van der Waals surface area contributed by atoms with Crippen LogP contribution in [0.1, 0.15) is 13.3 Å². The maximum Gasteiger partial charge on any atom is 0.328 e. The number of methoxy groups -OCH3 is 1. The largest absolute Gasteiger partial charge is 0.480 e. The minimum absolute atomic E-state index is 0.0807. The number of carboxylic acids is 1. The van der Waals surface area contributed by atoms with Crippen molar-refractivity contribution in [3.8, 4) is 0 Å². The number of amides is 3. The molecule has 8 nitrogen and oxygen atoms in total. The molecule has 108 valence electrons. The molecule has 0 aromatic heterocycles. The van der Waals surface area contributed by atoms with Gasteiger partial charge in [0.25, 0.3) is 0 Å². The summed E-state index contributed by atoms with van der Waals surface area (Å²) in [5, 5.41) is 14.1. The molecule has 1 fully saturated rings. The van der Waals surface area contributed by atoms with E-state index in [0.29, 0.717) is 13.0 Å². The van der Waals surface area contributed by atoms with Crippen LogP contribution in [0.5, 0.6) is 0 Å². The van der Waals surface area contributed by atoms with Crippen molar-refractivity contribution >= 4 is 17.9 Å². The van der Waals surface area contributed by atoms with Crippen molar-refractivity contribution in [2.75, 3.05) is 26.8 Å². The predicted molar refractivity (Wildman–Crippen MR) is 65.6 cm³/mol. The molecule has 0 radical (unpaired) electrons. The standard InChI is InChI=1S/C11H19N3O5/c1-3-7(6-19-2)13-11(18)14-5-9(15)12-4-8(14)10(16)17/h7-8H,3-6H2,1-2H3,(H,12,15)(H,13,18)(H,16,17). The fraction of sp³-hybridized carbons (Fsp3) is 0.727. The van der Waals surface area contributed by atoms with Gasteiger partial charge in [-0.05, 0) is 6.42 Å². The summed E-state index contributed by atoms with van der Waals surface area (Å²) in [4.78, 5) is 35.4. The Hall–Kier alpha value is -1.83. The van der Waals surface area contributed by atoms with Crippen molar-refractivity contribution in [1.29, 1.82) is 0 Å². The van der Waals surface area contributed by atoms with Crippen molar-refractivity contribution in [2.45, 2.75) is 25.4 Å². The third-order valence-corrected chi connectivity index (χ3v) is 2.92. The van der Waals surface area contributed by atoms with Gasteiger partial charge in [-0.25, -0.2) is 9.59 Å². The zero-order valence-electron chi connectivity index (χ0n) is 11.0. The molecular formula is C11H19N3O5. The molecule has 1 rings (SSSR count). The van der Waals surface area contributed by atoms with Crippen LogP contribution in [-0.4, -0.2) is 66.8 Å². The second-order valence-electron chi connectivity index (χ2n) is 4.30. The molecule has 1 saturated heterocycles. The molecule has 8 heteroatoms. The third kappa shape index (κ3) is 4.09. The van der Waals surface area contributed by atoms with E-state index in [-0.39, 0.29) is 25.0 Å². The van der Waals surface area contributed by atoms with Crippen LogP contribution < -0.4 is 10.6 Å². The summed E-state index contributed by atoms with van der Waals surface area (Å²) in [5.41, 5.74) is 0. The molecule has 1 heterocycles. The van der Waals surface area contributed by atoms with Gasteiger partial charge in [0.1, 0.15) is 12.6 Å². The Labute approximate surface area is 111 Å². The van der Waals surface area contributed by atoms with E-state index in [4.69, 9.17) is 9.84 Å². The van der Waals surface area contributed by atoms with Crippen molar-refractivity contribution in [1.82, 2.24) is 15.5 Å². The number of hydrogen-bond donors (Lipinski definition) is 3. The number of hydrogen-bond acceptors (Lipinski definition) is 4. The maximum absolute atomic E-state index is 12.0. The van der Waals surface area contributed by atoms with Gasteiger partial charge >= 0.3 is 12.0 Å². The van der Waals surface area contributed by atoms with Gasteiger partial charge < -0.3 is 20.5 Å². The van der Waals surface area contributed by atoms with E-state index in [1.54, 1.807) is 0 Å². The Balaban J connectivity index is 2.70. The van der Waals surface area contributed by atoms with Crippen molar-refractivity contribution in [3.63, 3.8) is 0 Å². The average molecular weight is 273 g/mol. The summed E-state index contributed by atoms with van der Waals surface area (Å²) in [6.45, 7) is 1.87. The molecule has 3 amide bonds. The molecule has 0 bridgehead atoms. The number of carbonyl (C=O) groups is 3. The van der Waals surface area contributed by atoms with Crippen LogP contribution in [0.2, 0.25) is 0 Å². The second kappa shape index (κ2) is 6.93. The normalized spacial score (nSPS) is 20.6. The molecule has 0 spiro atoms. The number of nitrogens with one attached hydrogen (secondary N) is 2. The number of piperazine rings is 1. The van der Waals surface area contributed by atoms with Gasteiger partial charge in [0.15, 0.2) is 0 Å². The highest BCUT2D eigenvalue weighted by atomic mass is 16.5. The number of ether oxygens (including phenoxy) is 1. The van der Waals surface area contributed by atoms with Crippen LogP contribution >= 0.6 is 0 Å². The summed E-state index contributed by atoms with van der Waals surface area (Å²) >= 11 is 0. The number of carbonyl (C=O) groups excluding carboxylic acids is 2. The highest BCUT2D eigenvalue weighted by molar-refractivity contribution is 5.90. The molecule has 2 unspecified atom stereocenters. The van der Waals surface area contributed by atoms with Gasteiger partial charge in [-0.3, -0.25) is 9.69 Å². The van der Waals surface area contributed by atoms with Crippen LogP contribution in [0.15, 0.2) is 0 Å². The van der Waals surface area contributed by atoms with Gasteiger partial charge in [-0.1, -0.05) is 6.92 Å². The molecule has 0 aromatic carbocycles. The van der Waals surface area contributed by atoms with E-state index in [2.05, 4.69) is 10.6 Å². The summed E-state index contributed by atoms with van der Waals surface area (Å²) in [5.74, 6) is -1.51. The number of urea groups is 1. The van der Waals surface area contributed by atoms with Gasteiger partial charge in [0.05, 0.1) is 12.6 Å².